The molecule has 1 heterocycles. The molecule has 0 radical (unpaired) electrons. The second-order valence-electron chi connectivity index (χ2n) is 8.50. The molecule has 0 saturated carbocycles. The maximum absolute atomic E-state index is 12.9. The van der Waals surface area contributed by atoms with Gasteiger partial charge in [0, 0.05) is 18.6 Å². The summed E-state index contributed by atoms with van der Waals surface area (Å²) in [7, 11) is 0. The molecule has 4 nitrogen and oxygen atoms in total. The summed E-state index contributed by atoms with van der Waals surface area (Å²) in [5.41, 5.74) is 3.30. The zero-order valence-electron chi connectivity index (χ0n) is 16.5. The molecule has 0 aliphatic carbocycles. The van der Waals surface area contributed by atoms with E-state index in [1.807, 2.05) is 63.2 Å². The van der Waals surface area contributed by atoms with Crippen LogP contribution < -0.4 is 5.32 Å². The molecule has 1 aliphatic heterocycles. The largest absolute Gasteiger partial charge is 0.391 e. The number of benzene rings is 2. The van der Waals surface area contributed by atoms with Gasteiger partial charge in [-0.2, -0.15) is 0 Å². The third-order valence-corrected chi connectivity index (χ3v) is 4.91. The molecule has 2 atom stereocenters. The minimum Gasteiger partial charge on any atom is -0.391 e. The average molecular weight is 367 g/mol. The van der Waals surface area contributed by atoms with Gasteiger partial charge in [-0.25, -0.2) is 0 Å². The van der Waals surface area contributed by atoms with Crippen molar-refractivity contribution >= 4 is 5.91 Å². The smallest absolute Gasteiger partial charge is 0.238 e. The van der Waals surface area contributed by atoms with Crippen LogP contribution in [0.25, 0.3) is 0 Å². The zero-order chi connectivity index (χ0) is 19.4. The number of hydrogen-bond donors (Lipinski definition) is 2. The van der Waals surface area contributed by atoms with Gasteiger partial charge in [-0.15, -0.1) is 0 Å². The molecule has 4 heteroatoms. The van der Waals surface area contributed by atoms with Crippen LogP contribution in [0.5, 0.6) is 0 Å². The maximum atomic E-state index is 12.9. The van der Waals surface area contributed by atoms with Gasteiger partial charge >= 0.3 is 0 Å². The van der Waals surface area contributed by atoms with Crippen LogP contribution in [0.15, 0.2) is 54.6 Å². The molecule has 2 aromatic carbocycles. The predicted molar refractivity (Wildman–Crippen MR) is 108 cm³/mol. The summed E-state index contributed by atoms with van der Waals surface area (Å²) in [5.74, 6) is 0.0314. The predicted octanol–water partition coefficient (Wildman–Crippen LogP) is 2.93. The molecule has 0 aromatic heterocycles. The van der Waals surface area contributed by atoms with E-state index >= 15 is 0 Å². The van der Waals surface area contributed by atoms with Gasteiger partial charge in [0.05, 0.1) is 12.1 Å². The van der Waals surface area contributed by atoms with Crippen LogP contribution in [0.4, 0.5) is 0 Å². The molecule has 0 spiro atoms. The van der Waals surface area contributed by atoms with Crippen molar-refractivity contribution in [3.8, 4) is 0 Å². The molecule has 27 heavy (non-hydrogen) atoms. The first kappa shape index (κ1) is 19.6. The van der Waals surface area contributed by atoms with Crippen molar-refractivity contribution in [1.29, 1.82) is 0 Å². The molecule has 3 rings (SSSR count). The summed E-state index contributed by atoms with van der Waals surface area (Å²) in [5, 5.41) is 13.8. The van der Waals surface area contributed by atoms with Gasteiger partial charge in [-0.05, 0) is 50.3 Å². The Bertz CT molecular complexity index is 767. The van der Waals surface area contributed by atoms with Gasteiger partial charge < -0.3 is 10.4 Å². The van der Waals surface area contributed by atoms with Gasteiger partial charge in [0.25, 0.3) is 0 Å². The van der Waals surface area contributed by atoms with E-state index in [0.717, 1.165) is 5.56 Å². The number of amides is 1. The monoisotopic (exact) mass is 366 g/mol. The van der Waals surface area contributed by atoms with E-state index in [9.17, 15) is 9.90 Å². The van der Waals surface area contributed by atoms with Gasteiger partial charge in [-0.1, -0.05) is 54.6 Å². The lowest BCUT2D eigenvalue weighted by molar-refractivity contribution is -0.129. The lowest BCUT2D eigenvalue weighted by Gasteiger charge is -2.38. The molecular formula is C23H30N2O2. The fourth-order valence-electron chi connectivity index (χ4n) is 3.70. The highest BCUT2D eigenvalue weighted by Gasteiger charge is 2.33. The first-order valence-corrected chi connectivity index (χ1v) is 9.67. The van der Waals surface area contributed by atoms with Crippen molar-refractivity contribution in [2.24, 2.45) is 0 Å². The Labute approximate surface area is 162 Å². The molecule has 0 bridgehead atoms. The highest BCUT2D eigenvalue weighted by Crippen LogP contribution is 2.24. The summed E-state index contributed by atoms with van der Waals surface area (Å²) >= 11 is 0. The number of carbonyl (C=O) groups excluding carboxylic acids is 1. The van der Waals surface area contributed by atoms with Crippen LogP contribution in [0.2, 0.25) is 0 Å². The Morgan fingerprint density at radius 1 is 1.11 bits per heavy atom. The minimum atomic E-state index is -0.511. The van der Waals surface area contributed by atoms with Crippen LogP contribution in [0.3, 0.4) is 0 Å². The third-order valence-electron chi connectivity index (χ3n) is 4.91. The van der Waals surface area contributed by atoms with E-state index in [0.29, 0.717) is 25.9 Å². The van der Waals surface area contributed by atoms with Gasteiger partial charge in [0.15, 0.2) is 0 Å². The zero-order valence-corrected chi connectivity index (χ0v) is 16.5. The van der Waals surface area contributed by atoms with E-state index in [1.54, 1.807) is 0 Å². The Morgan fingerprint density at radius 2 is 1.74 bits per heavy atom. The number of fused-ring (bicyclic) bond motifs is 1. The molecule has 2 unspecified atom stereocenters. The molecule has 2 N–H and O–H groups in total. The number of nitrogens with zero attached hydrogens (tertiary/aromatic N) is 1. The van der Waals surface area contributed by atoms with Crippen molar-refractivity contribution in [3.05, 3.63) is 71.3 Å². The Kier molecular flexibility index (Phi) is 5.98. The second-order valence-corrected chi connectivity index (χ2v) is 8.50. The highest BCUT2D eigenvalue weighted by molar-refractivity contribution is 5.83. The van der Waals surface area contributed by atoms with Crippen LogP contribution in [-0.2, 0) is 24.2 Å². The number of hydrogen-bond acceptors (Lipinski definition) is 3. The van der Waals surface area contributed by atoms with Crippen LogP contribution >= 0.6 is 0 Å². The second kappa shape index (κ2) is 8.24. The topological polar surface area (TPSA) is 52.6 Å². The maximum Gasteiger partial charge on any atom is 0.238 e. The summed E-state index contributed by atoms with van der Waals surface area (Å²) in [6.45, 7) is 7.15. The Morgan fingerprint density at radius 3 is 2.41 bits per heavy atom. The number of carbonyl (C=O) groups is 1. The number of aliphatic hydroxyl groups excluding tert-OH is 1. The van der Waals surface area contributed by atoms with Crippen LogP contribution in [-0.4, -0.2) is 40.1 Å². The standard InChI is InChI=1S/C23H30N2O2/c1-23(2,3)24-22(27)21-14-18-11-7-8-12-19(18)15-25(21)16-20(26)13-17-9-5-4-6-10-17/h4-12,20-21,26H,13-16H2,1-3H3,(H,24,27). The molecule has 144 valence electrons. The molecule has 1 amide bonds. The number of aliphatic hydroxyl groups is 1. The van der Waals surface area contributed by atoms with E-state index in [4.69, 9.17) is 0 Å². The number of nitrogens with one attached hydrogen (secondary N) is 1. The molecule has 0 fully saturated rings. The van der Waals surface area contributed by atoms with Crippen molar-refractivity contribution in [2.75, 3.05) is 6.54 Å². The summed E-state index contributed by atoms with van der Waals surface area (Å²) in [6.07, 6.45) is 0.755. The summed E-state index contributed by atoms with van der Waals surface area (Å²) in [6, 6.07) is 18.0. The number of rotatable bonds is 5. The van der Waals surface area contributed by atoms with E-state index in [2.05, 4.69) is 22.3 Å². The van der Waals surface area contributed by atoms with E-state index in [-0.39, 0.29) is 17.5 Å². The Hall–Kier alpha value is -2.17. The van der Waals surface area contributed by atoms with Gasteiger partial charge in [0.1, 0.15) is 0 Å². The highest BCUT2D eigenvalue weighted by atomic mass is 16.3. The average Bonchev–Trinajstić information content (AvgIpc) is 2.60. The first-order chi connectivity index (χ1) is 12.8. The molecule has 0 saturated heterocycles. The van der Waals surface area contributed by atoms with Crippen molar-refractivity contribution in [2.45, 2.75) is 57.8 Å². The molecule has 2 aromatic rings. The summed E-state index contributed by atoms with van der Waals surface area (Å²) < 4.78 is 0. The molecule has 1 aliphatic rings. The quantitative estimate of drug-likeness (QED) is 0.855. The van der Waals surface area contributed by atoms with Crippen LogP contribution in [0, 0.1) is 0 Å². The lowest BCUT2D eigenvalue weighted by Crippen LogP contribution is -2.55. The van der Waals surface area contributed by atoms with E-state index < -0.39 is 6.10 Å². The lowest BCUT2D eigenvalue weighted by atomic mass is 9.92. The van der Waals surface area contributed by atoms with Crippen molar-refractivity contribution < 1.29 is 9.90 Å². The fraction of sp³-hybridized carbons (Fsp3) is 0.435. The van der Waals surface area contributed by atoms with Crippen molar-refractivity contribution in [1.82, 2.24) is 10.2 Å². The Balaban J connectivity index is 1.75. The third kappa shape index (κ3) is 5.41. The normalized spacial score (nSPS) is 18.6. The number of β-amino-alcohol motifs (C(OH)–C–C–N with tert-alkyl or cyclic N) is 1. The summed E-state index contributed by atoms with van der Waals surface area (Å²) in [4.78, 5) is 15.1. The first-order valence-electron chi connectivity index (χ1n) is 9.67. The van der Waals surface area contributed by atoms with Gasteiger partial charge in [0.2, 0.25) is 5.91 Å². The van der Waals surface area contributed by atoms with E-state index in [1.165, 1.54) is 11.1 Å². The minimum absolute atomic E-state index is 0.0314. The SMILES string of the molecule is CC(C)(C)NC(=O)C1Cc2ccccc2CN1CC(O)Cc1ccccc1. The van der Waals surface area contributed by atoms with Crippen LogP contribution in [0.1, 0.15) is 37.5 Å². The van der Waals surface area contributed by atoms with Crippen molar-refractivity contribution in [3.63, 3.8) is 0 Å². The molecular weight excluding hydrogens is 336 g/mol. The fourth-order valence-corrected chi connectivity index (χ4v) is 3.70. The van der Waals surface area contributed by atoms with Gasteiger partial charge in [-0.3, -0.25) is 9.69 Å².